The van der Waals surface area contributed by atoms with Crippen LogP contribution in [-0.4, -0.2) is 24.2 Å². The van der Waals surface area contributed by atoms with E-state index < -0.39 is 5.97 Å². The minimum atomic E-state index is -0.862. The Balaban J connectivity index is 3.08. The Hall–Kier alpha value is -1.51. The Bertz CT molecular complexity index is 401. The lowest BCUT2D eigenvalue weighted by atomic mass is 10.1. The van der Waals surface area contributed by atoms with Gasteiger partial charge in [-0.2, -0.15) is 0 Å². The normalized spacial score (nSPS) is 12.2. The van der Waals surface area contributed by atoms with Crippen LogP contribution < -0.4 is 4.90 Å². The van der Waals surface area contributed by atoms with Crippen LogP contribution in [0.2, 0.25) is 0 Å². The van der Waals surface area contributed by atoms with Crippen LogP contribution in [0.1, 0.15) is 42.6 Å². The SMILES string of the molecule is CCCC(C)N(C)c1ccc(C)cc1C(=O)O. The Morgan fingerprint density at radius 1 is 1.47 bits per heavy atom. The molecule has 0 aliphatic carbocycles. The summed E-state index contributed by atoms with van der Waals surface area (Å²) in [7, 11) is 1.96. The third-order valence-corrected chi connectivity index (χ3v) is 3.13. The van der Waals surface area contributed by atoms with Gasteiger partial charge in [0.1, 0.15) is 0 Å². The summed E-state index contributed by atoms with van der Waals surface area (Å²) in [6.45, 7) is 6.16. The summed E-state index contributed by atoms with van der Waals surface area (Å²) >= 11 is 0. The molecule has 0 radical (unpaired) electrons. The number of hydrogen-bond acceptors (Lipinski definition) is 2. The van der Waals surface area contributed by atoms with Crippen molar-refractivity contribution >= 4 is 11.7 Å². The molecule has 0 aromatic heterocycles. The number of aryl methyl sites for hydroxylation is 1. The molecule has 0 heterocycles. The summed E-state index contributed by atoms with van der Waals surface area (Å²) in [4.78, 5) is 13.3. The van der Waals surface area contributed by atoms with Crippen LogP contribution in [0.5, 0.6) is 0 Å². The fourth-order valence-electron chi connectivity index (χ4n) is 1.98. The van der Waals surface area contributed by atoms with E-state index in [2.05, 4.69) is 13.8 Å². The second kappa shape index (κ2) is 5.71. The van der Waals surface area contributed by atoms with E-state index >= 15 is 0 Å². The third-order valence-electron chi connectivity index (χ3n) is 3.13. The zero-order valence-electron chi connectivity index (χ0n) is 11.0. The highest BCUT2D eigenvalue weighted by atomic mass is 16.4. The first-order valence-electron chi connectivity index (χ1n) is 6.04. The van der Waals surface area contributed by atoms with Crippen molar-refractivity contribution in [1.82, 2.24) is 0 Å². The molecule has 0 amide bonds. The number of hydrogen-bond donors (Lipinski definition) is 1. The zero-order valence-corrected chi connectivity index (χ0v) is 11.0. The van der Waals surface area contributed by atoms with Crippen molar-refractivity contribution in [2.24, 2.45) is 0 Å². The molecule has 0 fully saturated rings. The van der Waals surface area contributed by atoms with Crippen molar-refractivity contribution < 1.29 is 9.90 Å². The predicted molar refractivity (Wildman–Crippen MR) is 70.9 cm³/mol. The maximum atomic E-state index is 11.2. The van der Waals surface area contributed by atoms with Gasteiger partial charge in [-0.05, 0) is 32.4 Å². The quantitative estimate of drug-likeness (QED) is 0.851. The van der Waals surface area contributed by atoms with Gasteiger partial charge >= 0.3 is 5.97 Å². The van der Waals surface area contributed by atoms with E-state index in [0.717, 1.165) is 24.1 Å². The Labute approximate surface area is 103 Å². The van der Waals surface area contributed by atoms with Gasteiger partial charge in [0.05, 0.1) is 11.3 Å². The van der Waals surface area contributed by atoms with E-state index in [1.54, 1.807) is 6.07 Å². The summed E-state index contributed by atoms with van der Waals surface area (Å²) in [5.74, 6) is -0.862. The van der Waals surface area contributed by atoms with Crippen LogP contribution in [0, 0.1) is 6.92 Å². The molecule has 1 N–H and O–H groups in total. The molecule has 0 bridgehead atoms. The number of anilines is 1. The molecule has 3 heteroatoms. The summed E-state index contributed by atoms with van der Waals surface area (Å²) in [5, 5.41) is 9.22. The van der Waals surface area contributed by atoms with Crippen molar-refractivity contribution in [3.63, 3.8) is 0 Å². The molecule has 1 rings (SSSR count). The number of benzene rings is 1. The maximum absolute atomic E-state index is 11.2. The fraction of sp³-hybridized carbons (Fsp3) is 0.500. The van der Waals surface area contributed by atoms with Crippen molar-refractivity contribution in [3.8, 4) is 0 Å². The average Bonchev–Trinajstić information content (AvgIpc) is 2.28. The number of aromatic carboxylic acids is 1. The highest BCUT2D eigenvalue weighted by Crippen LogP contribution is 2.24. The molecule has 0 spiro atoms. The summed E-state index contributed by atoms with van der Waals surface area (Å²) < 4.78 is 0. The van der Waals surface area contributed by atoms with Gasteiger partial charge in [-0.25, -0.2) is 4.79 Å². The first kappa shape index (κ1) is 13.6. The lowest BCUT2D eigenvalue weighted by Crippen LogP contribution is -2.30. The van der Waals surface area contributed by atoms with Gasteiger partial charge in [0.15, 0.2) is 0 Å². The summed E-state index contributed by atoms with van der Waals surface area (Å²) in [6.07, 6.45) is 2.16. The second-order valence-corrected chi connectivity index (χ2v) is 4.57. The third kappa shape index (κ3) is 3.22. The first-order valence-corrected chi connectivity index (χ1v) is 6.04. The van der Waals surface area contributed by atoms with E-state index in [1.807, 2.05) is 31.0 Å². The molecule has 0 aliphatic rings. The van der Waals surface area contributed by atoms with Crippen LogP contribution in [0.15, 0.2) is 18.2 Å². The van der Waals surface area contributed by atoms with Crippen LogP contribution in [-0.2, 0) is 0 Å². The van der Waals surface area contributed by atoms with Crippen LogP contribution >= 0.6 is 0 Å². The lowest BCUT2D eigenvalue weighted by molar-refractivity contribution is 0.0697. The molecule has 1 aromatic carbocycles. The molecule has 1 aromatic rings. The molecule has 3 nitrogen and oxygen atoms in total. The number of carbonyl (C=O) groups is 1. The van der Waals surface area contributed by atoms with Gasteiger partial charge in [0.2, 0.25) is 0 Å². The van der Waals surface area contributed by atoms with Crippen molar-refractivity contribution in [2.45, 2.75) is 39.7 Å². The monoisotopic (exact) mass is 235 g/mol. The van der Waals surface area contributed by atoms with E-state index in [4.69, 9.17) is 0 Å². The molecular weight excluding hydrogens is 214 g/mol. The van der Waals surface area contributed by atoms with E-state index in [-0.39, 0.29) is 0 Å². The summed E-state index contributed by atoms with van der Waals surface area (Å²) in [5.41, 5.74) is 2.15. The molecule has 0 saturated heterocycles. The molecular formula is C14H21NO2. The molecule has 1 atom stereocenters. The fourth-order valence-corrected chi connectivity index (χ4v) is 1.98. The van der Waals surface area contributed by atoms with Gasteiger partial charge in [0, 0.05) is 13.1 Å². The predicted octanol–water partition coefficient (Wildman–Crippen LogP) is 3.32. The van der Waals surface area contributed by atoms with E-state index in [9.17, 15) is 9.90 Å². The van der Waals surface area contributed by atoms with E-state index in [1.165, 1.54) is 0 Å². The Kier molecular flexibility index (Phi) is 4.55. The molecule has 0 aliphatic heterocycles. The first-order chi connectivity index (χ1) is 7.97. The van der Waals surface area contributed by atoms with Crippen LogP contribution in [0.3, 0.4) is 0 Å². The van der Waals surface area contributed by atoms with Gasteiger partial charge in [-0.3, -0.25) is 0 Å². The van der Waals surface area contributed by atoms with Crippen molar-refractivity contribution in [3.05, 3.63) is 29.3 Å². The zero-order chi connectivity index (χ0) is 13.0. The van der Waals surface area contributed by atoms with Gasteiger partial charge < -0.3 is 10.0 Å². The van der Waals surface area contributed by atoms with Gasteiger partial charge in [0.25, 0.3) is 0 Å². The largest absolute Gasteiger partial charge is 0.478 e. The summed E-state index contributed by atoms with van der Waals surface area (Å²) in [6, 6.07) is 5.93. The van der Waals surface area contributed by atoms with Crippen molar-refractivity contribution in [1.29, 1.82) is 0 Å². The second-order valence-electron chi connectivity index (χ2n) is 4.57. The molecule has 94 valence electrons. The minimum absolute atomic E-state index is 0.348. The van der Waals surface area contributed by atoms with E-state index in [0.29, 0.717) is 11.6 Å². The maximum Gasteiger partial charge on any atom is 0.337 e. The van der Waals surface area contributed by atoms with Gasteiger partial charge in [-0.1, -0.05) is 25.0 Å². The number of nitrogens with zero attached hydrogens (tertiary/aromatic N) is 1. The van der Waals surface area contributed by atoms with Crippen LogP contribution in [0.25, 0.3) is 0 Å². The lowest BCUT2D eigenvalue weighted by Gasteiger charge is -2.28. The Morgan fingerprint density at radius 2 is 2.12 bits per heavy atom. The number of carboxylic acids is 1. The average molecular weight is 235 g/mol. The van der Waals surface area contributed by atoms with Gasteiger partial charge in [-0.15, -0.1) is 0 Å². The topological polar surface area (TPSA) is 40.5 Å². The Morgan fingerprint density at radius 3 is 2.65 bits per heavy atom. The highest BCUT2D eigenvalue weighted by molar-refractivity contribution is 5.94. The standard InChI is InChI=1S/C14H21NO2/c1-5-6-11(3)15(4)13-8-7-10(2)9-12(13)14(16)17/h7-9,11H,5-6H2,1-4H3,(H,16,17). The van der Waals surface area contributed by atoms with Crippen molar-refractivity contribution in [2.75, 3.05) is 11.9 Å². The molecule has 17 heavy (non-hydrogen) atoms. The number of rotatable bonds is 5. The number of carboxylic acid groups (broad SMARTS) is 1. The molecule has 1 unspecified atom stereocenters. The molecule has 0 saturated carbocycles. The minimum Gasteiger partial charge on any atom is -0.478 e. The highest BCUT2D eigenvalue weighted by Gasteiger charge is 2.16. The smallest absolute Gasteiger partial charge is 0.337 e. The van der Waals surface area contributed by atoms with Crippen LogP contribution in [0.4, 0.5) is 5.69 Å².